The Hall–Kier alpha value is -1.02. The molecule has 1 aromatic rings. The Morgan fingerprint density at radius 3 is 2.67 bits per heavy atom. The van der Waals surface area contributed by atoms with Gasteiger partial charge in [0, 0.05) is 0 Å². The first-order valence-electron chi connectivity index (χ1n) is 5.57. The Morgan fingerprint density at radius 2 is 2.13 bits per heavy atom. The van der Waals surface area contributed by atoms with Crippen molar-refractivity contribution in [1.29, 1.82) is 0 Å². The Labute approximate surface area is 92.4 Å². The fraction of sp³-hybridized carbons (Fsp3) is 0.538. The van der Waals surface area contributed by atoms with Crippen LogP contribution < -0.4 is 10.5 Å². The maximum atomic E-state index is 5.64. The van der Waals surface area contributed by atoms with Gasteiger partial charge in [-0.15, -0.1) is 0 Å². The summed E-state index contributed by atoms with van der Waals surface area (Å²) in [6.07, 6.45) is 2.06. The van der Waals surface area contributed by atoms with Crippen LogP contribution in [-0.2, 0) is 12.8 Å². The molecule has 84 valence electrons. The molecule has 0 aliphatic heterocycles. The molecule has 1 atom stereocenters. The fourth-order valence-corrected chi connectivity index (χ4v) is 1.67. The van der Waals surface area contributed by atoms with Crippen molar-refractivity contribution in [2.45, 2.75) is 26.7 Å². The van der Waals surface area contributed by atoms with Crippen molar-refractivity contribution in [1.82, 2.24) is 0 Å². The van der Waals surface area contributed by atoms with E-state index in [9.17, 15) is 0 Å². The van der Waals surface area contributed by atoms with Crippen LogP contribution >= 0.6 is 0 Å². The molecule has 0 aliphatic rings. The Morgan fingerprint density at radius 1 is 1.40 bits per heavy atom. The highest BCUT2D eigenvalue weighted by Gasteiger charge is 2.07. The molecule has 1 unspecified atom stereocenters. The van der Waals surface area contributed by atoms with E-state index in [1.54, 1.807) is 7.11 Å². The number of nitrogens with two attached hydrogens (primary N) is 1. The molecular formula is C13H21NO. The second-order valence-corrected chi connectivity index (χ2v) is 4.04. The lowest BCUT2D eigenvalue weighted by atomic mass is 9.98. The van der Waals surface area contributed by atoms with Crippen LogP contribution in [0.4, 0.5) is 0 Å². The monoisotopic (exact) mass is 207 g/mol. The van der Waals surface area contributed by atoms with Crippen molar-refractivity contribution >= 4 is 0 Å². The Bertz CT molecular complexity index is 309. The number of methoxy groups -OCH3 is 1. The van der Waals surface area contributed by atoms with Gasteiger partial charge < -0.3 is 10.5 Å². The first-order chi connectivity index (χ1) is 7.21. The van der Waals surface area contributed by atoms with Crippen molar-refractivity contribution in [3.8, 4) is 5.75 Å². The van der Waals surface area contributed by atoms with Crippen LogP contribution in [-0.4, -0.2) is 13.7 Å². The Kier molecular flexibility index (Phi) is 4.63. The van der Waals surface area contributed by atoms with E-state index in [4.69, 9.17) is 10.5 Å². The summed E-state index contributed by atoms with van der Waals surface area (Å²) in [6, 6.07) is 6.40. The van der Waals surface area contributed by atoms with Gasteiger partial charge in [0.15, 0.2) is 0 Å². The lowest BCUT2D eigenvalue weighted by Gasteiger charge is -2.13. The summed E-state index contributed by atoms with van der Waals surface area (Å²) < 4.78 is 5.35. The number of aryl methyl sites for hydroxylation is 1. The second kappa shape index (κ2) is 5.76. The predicted molar refractivity (Wildman–Crippen MR) is 64.3 cm³/mol. The third-order valence-corrected chi connectivity index (χ3v) is 2.72. The van der Waals surface area contributed by atoms with Crippen molar-refractivity contribution in [3.63, 3.8) is 0 Å². The fourth-order valence-electron chi connectivity index (χ4n) is 1.67. The predicted octanol–water partition coefficient (Wildman–Crippen LogP) is 2.39. The minimum Gasteiger partial charge on any atom is -0.496 e. The first-order valence-corrected chi connectivity index (χ1v) is 5.57. The van der Waals surface area contributed by atoms with E-state index in [0.717, 1.165) is 25.1 Å². The maximum absolute atomic E-state index is 5.64. The smallest absolute Gasteiger partial charge is 0.122 e. The molecular weight excluding hydrogens is 186 g/mol. The molecule has 15 heavy (non-hydrogen) atoms. The van der Waals surface area contributed by atoms with Crippen molar-refractivity contribution in [3.05, 3.63) is 29.3 Å². The minimum atomic E-state index is 0.506. The summed E-state index contributed by atoms with van der Waals surface area (Å²) in [5, 5.41) is 0. The molecule has 1 rings (SSSR count). The highest BCUT2D eigenvalue weighted by atomic mass is 16.5. The zero-order chi connectivity index (χ0) is 11.3. The van der Waals surface area contributed by atoms with Crippen molar-refractivity contribution in [2.75, 3.05) is 13.7 Å². The average Bonchev–Trinajstić information content (AvgIpc) is 2.28. The third-order valence-electron chi connectivity index (χ3n) is 2.72. The second-order valence-electron chi connectivity index (χ2n) is 4.04. The molecule has 0 spiro atoms. The minimum absolute atomic E-state index is 0.506. The highest BCUT2D eigenvalue weighted by Crippen LogP contribution is 2.22. The van der Waals surface area contributed by atoms with Gasteiger partial charge in [0.05, 0.1) is 7.11 Å². The lowest BCUT2D eigenvalue weighted by molar-refractivity contribution is 0.405. The van der Waals surface area contributed by atoms with E-state index in [-0.39, 0.29) is 0 Å². The lowest BCUT2D eigenvalue weighted by Crippen LogP contribution is -2.13. The highest BCUT2D eigenvalue weighted by molar-refractivity contribution is 5.37. The molecule has 0 bridgehead atoms. The topological polar surface area (TPSA) is 35.2 Å². The Balaban J connectivity index is 2.90. The number of benzene rings is 1. The van der Waals surface area contributed by atoms with E-state index < -0.39 is 0 Å². The van der Waals surface area contributed by atoms with Crippen LogP contribution in [0.3, 0.4) is 0 Å². The summed E-state index contributed by atoms with van der Waals surface area (Å²) in [5.41, 5.74) is 8.27. The van der Waals surface area contributed by atoms with E-state index in [0.29, 0.717) is 5.92 Å². The van der Waals surface area contributed by atoms with Crippen LogP contribution in [0, 0.1) is 5.92 Å². The average molecular weight is 207 g/mol. The van der Waals surface area contributed by atoms with Gasteiger partial charge in [-0.3, -0.25) is 0 Å². The van der Waals surface area contributed by atoms with Crippen molar-refractivity contribution < 1.29 is 4.74 Å². The van der Waals surface area contributed by atoms with E-state index in [1.807, 2.05) is 0 Å². The van der Waals surface area contributed by atoms with Gasteiger partial charge in [-0.25, -0.2) is 0 Å². The van der Waals surface area contributed by atoms with Gasteiger partial charge in [0.25, 0.3) is 0 Å². The van der Waals surface area contributed by atoms with Crippen LogP contribution in [0.1, 0.15) is 25.0 Å². The molecule has 2 heteroatoms. The SMILES string of the molecule is CCc1ccc(OC)c(CC(C)CN)c1. The molecule has 0 aliphatic carbocycles. The maximum Gasteiger partial charge on any atom is 0.122 e. The summed E-state index contributed by atoms with van der Waals surface area (Å²) in [6.45, 7) is 5.05. The van der Waals surface area contributed by atoms with Gasteiger partial charge in [-0.05, 0) is 42.5 Å². The molecule has 0 radical (unpaired) electrons. The molecule has 0 amide bonds. The molecule has 0 saturated heterocycles. The first kappa shape index (κ1) is 12.1. The van der Waals surface area contributed by atoms with Gasteiger partial charge >= 0.3 is 0 Å². The molecule has 0 fully saturated rings. The summed E-state index contributed by atoms with van der Waals surface area (Å²) in [7, 11) is 1.72. The quantitative estimate of drug-likeness (QED) is 0.804. The van der Waals surface area contributed by atoms with Gasteiger partial charge in [-0.1, -0.05) is 26.0 Å². The largest absolute Gasteiger partial charge is 0.496 e. The number of ether oxygens (including phenoxy) is 1. The van der Waals surface area contributed by atoms with Gasteiger partial charge in [0.1, 0.15) is 5.75 Å². The van der Waals surface area contributed by atoms with Crippen LogP contribution in [0.25, 0.3) is 0 Å². The molecule has 1 aromatic carbocycles. The van der Waals surface area contributed by atoms with Crippen LogP contribution in [0.2, 0.25) is 0 Å². The molecule has 0 aromatic heterocycles. The third kappa shape index (κ3) is 3.24. The number of rotatable bonds is 5. The number of hydrogen-bond donors (Lipinski definition) is 1. The molecule has 2 nitrogen and oxygen atoms in total. The van der Waals surface area contributed by atoms with E-state index in [2.05, 4.69) is 32.0 Å². The van der Waals surface area contributed by atoms with Crippen molar-refractivity contribution in [2.24, 2.45) is 11.7 Å². The van der Waals surface area contributed by atoms with Gasteiger partial charge in [0.2, 0.25) is 0 Å². The van der Waals surface area contributed by atoms with E-state index in [1.165, 1.54) is 11.1 Å². The summed E-state index contributed by atoms with van der Waals surface area (Å²) in [4.78, 5) is 0. The molecule has 0 heterocycles. The standard InChI is InChI=1S/C13H21NO/c1-4-11-5-6-13(15-3)12(8-11)7-10(2)9-14/h5-6,8,10H,4,7,9,14H2,1-3H3. The summed E-state index contributed by atoms with van der Waals surface area (Å²) >= 11 is 0. The number of hydrogen-bond acceptors (Lipinski definition) is 2. The van der Waals surface area contributed by atoms with E-state index >= 15 is 0 Å². The van der Waals surface area contributed by atoms with Crippen LogP contribution in [0.5, 0.6) is 5.75 Å². The zero-order valence-electron chi connectivity index (χ0n) is 9.92. The molecule has 0 saturated carbocycles. The zero-order valence-corrected chi connectivity index (χ0v) is 9.92. The molecule has 2 N–H and O–H groups in total. The van der Waals surface area contributed by atoms with Gasteiger partial charge in [-0.2, -0.15) is 0 Å². The van der Waals surface area contributed by atoms with Crippen LogP contribution in [0.15, 0.2) is 18.2 Å². The normalized spacial score (nSPS) is 12.5. The summed E-state index contributed by atoms with van der Waals surface area (Å²) in [5.74, 6) is 1.48.